The Labute approximate surface area is 172 Å². The SMILES string of the molecule is Cc1cc([N+](=O)[O-])cc(S(=O)(=O)NCc2ccc(NC(=O)c3ccco3)cc2)c1C. The Balaban J connectivity index is 1.70. The first kappa shape index (κ1) is 21.2. The normalized spacial score (nSPS) is 11.3. The molecule has 0 radical (unpaired) electrons. The number of nitro groups is 1. The third-order valence-corrected chi connectivity index (χ3v) is 6.06. The van der Waals surface area contributed by atoms with Gasteiger partial charge in [0.15, 0.2) is 5.76 Å². The topological polar surface area (TPSA) is 132 Å². The van der Waals surface area contributed by atoms with Crippen molar-refractivity contribution in [2.75, 3.05) is 5.32 Å². The first-order valence-corrected chi connectivity index (χ1v) is 10.3. The highest BCUT2D eigenvalue weighted by Crippen LogP contribution is 2.25. The third-order valence-electron chi connectivity index (χ3n) is 4.53. The summed E-state index contributed by atoms with van der Waals surface area (Å²) in [5.41, 5.74) is 1.85. The first-order chi connectivity index (χ1) is 14.2. The summed E-state index contributed by atoms with van der Waals surface area (Å²) in [5, 5.41) is 13.7. The molecule has 3 rings (SSSR count). The molecule has 156 valence electrons. The lowest BCUT2D eigenvalue weighted by Crippen LogP contribution is -2.24. The van der Waals surface area contributed by atoms with Crippen LogP contribution in [0, 0.1) is 24.0 Å². The molecule has 0 unspecified atom stereocenters. The number of hydrogen-bond donors (Lipinski definition) is 2. The molecular weight excluding hydrogens is 410 g/mol. The predicted octanol–water partition coefficient (Wildman–Crippen LogP) is 3.54. The van der Waals surface area contributed by atoms with E-state index in [9.17, 15) is 23.3 Å². The Bertz CT molecular complexity index is 1190. The van der Waals surface area contributed by atoms with Gasteiger partial charge in [0.05, 0.1) is 16.1 Å². The molecule has 2 aromatic carbocycles. The van der Waals surface area contributed by atoms with Crippen molar-refractivity contribution < 1.29 is 22.6 Å². The molecule has 0 saturated carbocycles. The summed E-state index contributed by atoms with van der Waals surface area (Å²) < 4.78 is 32.9. The number of non-ortho nitro benzene ring substituents is 1. The highest BCUT2D eigenvalue weighted by Gasteiger charge is 2.22. The second kappa shape index (κ2) is 8.47. The summed E-state index contributed by atoms with van der Waals surface area (Å²) in [5.74, 6) is -0.223. The van der Waals surface area contributed by atoms with Gasteiger partial charge in [-0.2, -0.15) is 0 Å². The molecule has 1 heterocycles. The van der Waals surface area contributed by atoms with Crippen LogP contribution in [0.25, 0.3) is 0 Å². The minimum atomic E-state index is -3.96. The van der Waals surface area contributed by atoms with Crippen LogP contribution >= 0.6 is 0 Å². The van der Waals surface area contributed by atoms with Crippen LogP contribution < -0.4 is 10.0 Å². The molecule has 0 aliphatic rings. The Morgan fingerprint density at radius 3 is 2.43 bits per heavy atom. The van der Waals surface area contributed by atoms with Crippen molar-refractivity contribution in [2.45, 2.75) is 25.3 Å². The van der Waals surface area contributed by atoms with E-state index in [1.54, 1.807) is 44.2 Å². The first-order valence-electron chi connectivity index (χ1n) is 8.86. The Morgan fingerprint density at radius 1 is 1.13 bits per heavy atom. The summed E-state index contributed by atoms with van der Waals surface area (Å²) in [6, 6.07) is 12.1. The van der Waals surface area contributed by atoms with Crippen molar-refractivity contribution in [1.82, 2.24) is 4.72 Å². The highest BCUT2D eigenvalue weighted by molar-refractivity contribution is 7.89. The third kappa shape index (κ3) is 4.73. The van der Waals surface area contributed by atoms with Gasteiger partial charge in [-0.15, -0.1) is 0 Å². The van der Waals surface area contributed by atoms with Crippen molar-refractivity contribution in [2.24, 2.45) is 0 Å². The second-order valence-corrected chi connectivity index (χ2v) is 8.33. The molecule has 0 aliphatic carbocycles. The zero-order valence-electron chi connectivity index (χ0n) is 16.2. The van der Waals surface area contributed by atoms with Crippen molar-refractivity contribution in [1.29, 1.82) is 0 Å². The van der Waals surface area contributed by atoms with Gasteiger partial charge >= 0.3 is 0 Å². The number of carbonyl (C=O) groups excluding carboxylic acids is 1. The monoisotopic (exact) mass is 429 g/mol. The quantitative estimate of drug-likeness (QED) is 0.436. The lowest BCUT2D eigenvalue weighted by Gasteiger charge is -2.12. The van der Waals surface area contributed by atoms with Crippen molar-refractivity contribution >= 4 is 27.3 Å². The van der Waals surface area contributed by atoms with E-state index in [-0.39, 0.29) is 22.9 Å². The number of anilines is 1. The maximum absolute atomic E-state index is 12.7. The zero-order valence-corrected chi connectivity index (χ0v) is 17.0. The molecule has 3 aromatic rings. The number of aryl methyl sites for hydroxylation is 1. The van der Waals surface area contributed by atoms with Crippen molar-refractivity contribution in [3.05, 3.63) is 87.4 Å². The van der Waals surface area contributed by atoms with E-state index in [0.717, 1.165) is 6.07 Å². The zero-order chi connectivity index (χ0) is 21.9. The smallest absolute Gasteiger partial charge is 0.291 e. The van der Waals surface area contributed by atoms with E-state index in [2.05, 4.69) is 10.0 Å². The Hall–Kier alpha value is -3.50. The number of amides is 1. The van der Waals surface area contributed by atoms with Crippen LogP contribution in [0.4, 0.5) is 11.4 Å². The minimum absolute atomic E-state index is 0.0179. The standard InChI is InChI=1S/C20H19N3O6S/c1-13-10-17(23(25)26)11-19(14(13)2)30(27,28)21-12-15-5-7-16(8-6-15)22-20(24)18-4-3-9-29-18/h3-11,21H,12H2,1-2H3,(H,22,24). The molecule has 0 fully saturated rings. The van der Waals surface area contributed by atoms with Gasteiger partial charge < -0.3 is 9.73 Å². The summed E-state index contributed by atoms with van der Waals surface area (Å²) in [7, 11) is -3.96. The van der Waals surface area contributed by atoms with E-state index in [1.165, 1.54) is 18.4 Å². The van der Waals surface area contributed by atoms with Gasteiger partial charge in [-0.3, -0.25) is 14.9 Å². The van der Waals surface area contributed by atoms with Crippen molar-refractivity contribution in [3.63, 3.8) is 0 Å². The van der Waals surface area contributed by atoms with E-state index in [0.29, 0.717) is 22.4 Å². The molecular formula is C20H19N3O6S. The number of sulfonamides is 1. The highest BCUT2D eigenvalue weighted by atomic mass is 32.2. The number of carbonyl (C=O) groups is 1. The summed E-state index contributed by atoms with van der Waals surface area (Å²) in [6.07, 6.45) is 1.40. The van der Waals surface area contributed by atoms with E-state index in [1.807, 2.05) is 0 Å². The fraction of sp³-hybridized carbons (Fsp3) is 0.150. The van der Waals surface area contributed by atoms with Gasteiger partial charge in [0.25, 0.3) is 11.6 Å². The molecule has 30 heavy (non-hydrogen) atoms. The fourth-order valence-corrected chi connectivity index (χ4v) is 4.11. The van der Waals surface area contributed by atoms with Crippen LogP contribution in [0.15, 0.2) is 64.1 Å². The number of hydrogen-bond acceptors (Lipinski definition) is 6. The molecule has 2 N–H and O–H groups in total. The van der Waals surface area contributed by atoms with Crippen LogP contribution in [-0.2, 0) is 16.6 Å². The van der Waals surface area contributed by atoms with Gasteiger partial charge in [0, 0.05) is 24.4 Å². The molecule has 10 heteroatoms. The number of rotatable bonds is 7. The second-order valence-electron chi connectivity index (χ2n) is 6.60. The molecule has 0 atom stereocenters. The molecule has 9 nitrogen and oxygen atoms in total. The van der Waals surface area contributed by atoms with Crippen LogP contribution in [0.5, 0.6) is 0 Å². The Morgan fingerprint density at radius 2 is 1.83 bits per heavy atom. The van der Waals surface area contributed by atoms with Gasteiger partial charge in [-0.1, -0.05) is 12.1 Å². The molecule has 0 saturated heterocycles. The minimum Gasteiger partial charge on any atom is -0.459 e. The number of nitrogens with zero attached hydrogens (tertiary/aromatic N) is 1. The average molecular weight is 429 g/mol. The predicted molar refractivity (Wildman–Crippen MR) is 110 cm³/mol. The van der Waals surface area contributed by atoms with Crippen LogP contribution in [-0.4, -0.2) is 19.2 Å². The van der Waals surface area contributed by atoms with E-state index in [4.69, 9.17) is 4.42 Å². The lowest BCUT2D eigenvalue weighted by atomic mass is 10.1. The van der Waals surface area contributed by atoms with E-state index >= 15 is 0 Å². The fourth-order valence-electron chi connectivity index (χ4n) is 2.76. The number of nitrogens with one attached hydrogen (secondary N) is 2. The number of benzene rings is 2. The van der Waals surface area contributed by atoms with Crippen LogP contribution in [0.1, 0.15) is 27.2 Å². The molecule has 1 amide bonds. The number of nitro benzene ring substituents is 1. The van der Waals surface area contributed by atoms with Crippen LogP contribution in [0.3, 0.4) is 0 Å². The van der Waals surface area contributed by atoms with Gasteiger partial charge in [-0.25, -0.2) is 13.1 Å². The Kier molecular flexibility index (Phi) is 5.99. The van der Waals surface area contributed by atoms with Crippen molar-refractivity contribution in [3.8, 4) is 0 Å². The summed E-state index contributed by atoms with van der Waals surface area (Å²) >= 11 is 0. The summed E-state index contributed by atoms with van der Waals surface area (Å²) in [6.45, 7) is 3.21. The lowest BCUT2D eigenvalue weighted by molar-refractivity contribution is -0.385. The maximum Gasteiger partial charge on any atom is 0.291 e. The van der Waals surface area contributed by atoms with Gasteiger partial charge in [0.2, 0.25) is 10.0 Å². The average Bonchev–Trinajstić information content (AvgIpc) is 3.24. The molecule has 0 spiro atoms. The van der Waals surface area contributed by atoms with Gasteiger partial charge in [-0.05, 0) is 54.8 Å². The summed E-state index contributed by atoms with van der Waals surface area (Å²) in [4.78, 5) is 22.3. The number of furan rings is 1. The van der Waals surface area contributed by atoms with Gasteiger partial charge in [0.1, 0.15) is 0 Å². The van der Waals surface area contributed by atoms with E-state index < -0.39 is 20.9 Å². The van der Waals surface area contributed by atoms with Crippen LogP contribution in [0.2, 0.25) is 0 Å². The largest absolute Gasteiger partial charge is 0.459 e. The molecule has 0 bridgehead atoms. The molecule has 1 aromatic heterocycles. The maximum atomic E-state index is 12.7. The molecule has 0 aliphatic heterocycles.